The fourth-order valence-electron chi connectivity index (χ4n) is 3.51. The van der Waals surface area contributed by atoms with E-state index in [0.29, 0.717) is 13.2 Å². The summed E-state index contributed by atoms with van der Waals surface area (Å²) in [6, 6.07) is 23.6. The van der Waals surface area contributed by atoms with E-state index in [-0.39, 0.29) is 6.61 Å². The summed E-state index contributed by atoms with van der Waals surface area (Å²) in [5.41, 5.74) is 4.10. The number of aromatic nitrogens is 2. The average molecular weight is 402 g/mol. The molecule has 3 aromatic carbocycles. The Labute approximate surface area is 176 Å². The second kappa shape index (κ2) is 9.01. The van der Waals surface area contributed by atoms with Crippen molar-refractivity contribution in [2.75, 3.05) is 6.61 Å². The van der Waals surface area contributed by atoms with Gasteiger partial charge in [-0.3, -0.25) is 0 Å². The molecule has 4 aromatic rings. The number of benzene rings is 3. The Balaban J connectivity index is 1.49. The van der Waals surface area contributed by atoms with E-state index in [1.54, 1.807) is 0 Å². The van der Waals surface area contributed by atoms with Crippen molar-refractivity contribution in [1.82, 2.24) is 9.55 Å². The van der Waals surface area contributed by atoms with Crippen LogP contribution in [0.2, 0.25) is 0 Å². The van der Waals surface area contributed by atoms with Crippen LogP contribution in [0.3, 0.4) is 0 Å². The molecule has 1 N–H and O–H groups in total. The van der Waals surface area contributed by atoms with Crippen LogP contribution in [0.15, 0.2) is 72.8 Å². The first-order chi connectivity index (χ1) is 14.6. The molecule has 0 radical (unpaired) electrons. The van der Waals surface area contributed by atoms with E-state index in [2.05, 4.69) is 13.0 Å². The Morgan fingerprint density at radius 1 is 0.933 bits per heavy atom. The molecular formula is C25H26N2O3. The van der Waals surface area contributed by atoms with Gasteiger partial charge >= 0.3 is 0 Å². The molecule has 0 saturated heterocycles. The SMILES string of the molecule is Cc1ccc(OC[C@@H](O)Cn2c(COc3ccccc3)nc3ccccc32)c(C)c1. The Hall–Kier alpha value is -3.31. The van der Waals surface area contributed by atoms with E-state index < -0.39 is 6.10 Å². The van der Waals surface area contributed by atoms with Crippen molar-refractivity contribution in [2.45, 2.75) is 33.1 Å². The van der Waals surface area contributed by atoms with Crippen LogP contribution in [0.4, 0.5) is 0 Å². The number of rotatable bonds is 8. The summed E-state index contributed by atoms with van der Waals surface area (Å²) in [4.78, 5) is 4.71. The van der Waals surface area contributed by atoms with E-state index in [0.717, 1.165) is 33.9 Å². The Bertz CT molecular complexity index is 1120. The Morgan fingerprint density at radius 2 is 1.70 bits per heavy atom. The highest BCUT2D eigenvalue weighted by Crippen LogP contribution is 2.21. The quantitative estimate of drug-likeness (QED) is 0.465. The number of nitrogens with zero attached hydrogens (tertiary/aromatic N) is 2. The van der Waals surface area contributed by atoms with Crippen LogP contribution in [0.5, 0.6) is 11.5 Å². The maximum absolute atomic E-state index is 10.7. The van der Waals surface area contributed by atoms with Gasteiger partial charge in [0, 0.05) is 0 Å². The smallest absolute Gasteiger partial charge is 0.148 e. The zero-order valence-corrected chi connectivity index (χ0v) is 17.3. The monoisotopic (exact) mass is 402 g/mol. The molecule has 1 heterocycles. The second-order valence-electron chi connectivity index (χ2n) is 7.46. The van der Waals surface area contributed by atoms with Crippen LogP contribution in [-0.4, -0.2) is 27.4 Å². The number of hydrogen-bond acceptors (Lipinski definition) is 4. The fraction of sp³-hybridized carbons (Fsp3) is 0.240. The van der Waals surface area contributed by atoms with Gasteiger partial charge in [0.2, 0.25) is 0 Å². The minimum atomic E-state index is -0.682. The molecule has 0 bridgehead atoms. The van der Waals surface area contributed by atoms with Crippen molar-refractivity contribution >= 4 is 11.0 Å². The van der Waals surface area contributed by atoms with Crippen molar-refractivity contribution in [3.8, 4) is 11.5 Å². The zero-order chi connectivity index (χ0) is 20.9. The Morgan fingerprint density at radius 3 is 2.50 bits per heavy atom. The summed E-state index contributed by atoms with van der Waals surface area (Å²) in [6.45, 7) is 4.96. The largest absolute Gasteiger partial charge is 0.491 e. The van der Waals surface area contributed by atoms with Gasteiger partial charge in [-0.25, -0.2) is 4.98 Å². The van der Waals surface area contributed by atoms with Crippen LogP contribution in [0.1, 0.15) is 17.0 Å². The first-order valence-corrected chi connectivity index (χ1v) is 10.1. The molecule has 0 spiro atoms. The molecule has 0 aliphatic rings. The van der Waals surface area contributed by atoms with Gasteiger partial charge in [0.25, 0.3) is 0 Å². The number of para-hydroxylation sites is 3. The minimum absolute atomic E-state index is 0.204. The first-order valence-electron chi connectivity index (χ1n) is 10.1. The normalized spacial score (nSPS) is 12.1. The molecular weight excluding hydrogens is 376 g/mol. The maximum Gasteiger partial charge on any atom is 0.148 e. The van der Waals surface area contributed by atoms with E-state index in [9.17, 15) is 5.11 Å². The van der Waals surface area contributed by atoms with Gasteiger partial charge < -0.3 is 19.1 Å². The van der Waals surface area contributed by atoms with Crippen molar-refractivity contribution in [3.63, 3.8) is 0 Å². The van der Waals surface area contributed by atoms with Crippen molar-refractivity contribution in [2.24, 2.45) is 0 Å². The topological polar surface area (TPSA) is 56.5 Å². The van der Waals surface area contributed by atoms with Crippen LogP contribution in [-0.2, 0) is 13.2 Å². The molecule has 1 aromatic heterocycles. The highest BCUT2D eigenvalue weighted by molar-refractivity contribution is 5.75. The third-order valence-corrected chi connectivity index (χ3v) is 5.00. The maximum atomic E-state index is 10.7. The molecule has 1 atom stereocenters. The number of aliphatic hydroxyl groups excluding tert-OH is 1. The van der Waals surface area contributed by atoms with Gasteiger partial charge in [0.1, 0.15) is 36.6 Å². The summed E-state index contributed by atoms with van der Waals surface area (Å²) in [7, 11) is 0. The second-order valence-corrected chi connectivity index (χ2v) is 7.46. The molecule has 4 rings (SSSR count). The lowest BCUT2D eigenvalue weighted by Crippen LogP contribution is -2.25. The number of imidazole rings is 1. The van der Waals surface area contributed by atoms with E-state index >= 15 is 0 Å². The summed E-state index contributed by atoms with van der Waals surface area (Å²) in [5.74, 6) is 2.35. The highest BCUT2D eigenvalue weighted by Gasteiger charge is 2.15. The Kier molecular flexibility index (Phi) is 6.00. The number of hydrogen-bond donors (Lipinski definition) is 1. The lowest BCUT2D eigenvalue weighted by atomic mass is 10.1. The zero-order valence-electron chi connectivity index (χ0n) is 17.3. The van der Waals surface area contributed by atoms with Crippen molar-refractivity contribution in [3.05, 3.63) is 89.7 Å². The molecule has 5 nitrogen and oxygen atoms in total. The molecule has 0 fully saturated rings. The molecule has 154 valence electrons. The third-order valence-electron chi connectivity index (χ3n) is 5.00. The van der Waals surface area contributed by atoms with Crippen molar-refractivity contribution < 1.29 is 14.6 Å². The van der Waals surface area contributed by atoms with Crippen LogP contribution in [0, 0.1) is 13.8 Å². The summed E-state index contributed by atoms with van der Waals surface area (Å²) >= 11 is 0. The number of aryl methyl sites for hydroxylation is 2. The number of aliphatic hydroxyl groups is 1. The van der Waals surface area contributed by atoms with E-state index in [1.165, 1.54) is 5.56 Å². The third kappa shape index (κ3) is 4.63. The highest BCUT2D eigenvalue weighted by atomic mass is 16.5. The van der Waals surface area contributed by atoms with E-state index in [4.69, 9.17) is 14.5 Å². The predicted octanol–water partition coefficient (Wildman–Crippen LogP) is 4.67. The van der Waals surface area contributed by atoms with Gasteiger partial charge in [0.15, 0.2) is 0 Å². The van der Waals surface area contributed by atoms with Gasteiger partial charge in [0.05, 0.1) is 17.6 Å². The lowest BCUT2D eigenvalue weighted by Gasteiger charge is -2.17. The number of fused-ring (bicyclic) bond motifs is 1. The molecule has 0 saturated carbocycles. The fourth-order valence-corrected chi connectivity index (χ4v) is 3.51. The van der Waals surface area contributed by atoms with Crippen LogP contribution in [0.25, 0.3) is 11.0 Å². The minimum Gasteiger partial charge on any atom is -0.491 e. The standard InChI is InChI=1S/C25H26N2O3/c1-18-12-13-24(19(2)14-18)30-16-20(28)15-27-23-11-7-6-10-22(23)26-25(27)17-29-21-8-4-3-5-9-21/h3-14,20,28H,15-17H2,1-2H3/t20-/m0/s1. The van der Waals surface area contributed by atoms with Crippen LogP contribution >= 0.6 is 0 Å². The van der Waals surface area contributed by atoms with Gasteiger partial charge in [-0.1, -0.05) is 48.0 Å². The van der Waals surface area contributed by atoms with E-state index in [1.807, 2.05) is 78.2 Å². The molecule has 0 aliphatic carbocycles. The van der Waals surface area contributed by atoms with Gasteiger partial charge in [-0.15, -0.1) is 0 Å². The molecule has 0 amide bonds. The molecule has 30 heavy (non-hydrogen) atoms. The molecule has 5 heteroatoms. The average Bonchev–Trinajstić information content (AvgIpc) is 3.10. The van der Waals surface area contributed by atoms with Crippen LogP contribution < -0.4 is 9.47 Å². The van der Waals surface area contributed by atoms with Crippen molar-refractivity contribution in [1.29, 1.82) is 0 Å². The molecule has 0 aliphatic heterocycles. The summed E-state index contributed by atoms with van der Waals surface area (Å²) in [5, 5.41) is 10.7. The predicted molar refractivity (Wildman–Crippen MR) is 118 cm³/mol. The van der Waals surface area contributed by atoms with Gasteiger partial charge in [-0.2, -0.15) is 0 Å². The number of ether oxygens (including phenoxy) is 2. The summed E-state index contributed by atoms with van der Waals surface area (Å²) < 4.78 is 13.8. The van der Waals surface area contributed by atoms with Gasteiger partial charge in [-0.05, 0) is 49.7 Å². The lowest BCUT2D eigenvalue weighted by molar-refractivity contribution is 0.0914. The molecule has 0 unspecified atom stereocenters. The summed E-state index contributed by atoms with van der Waals surface area (Å²) in [6.07, 6.45) is -0.682. The first kappa shape index (κ1) is 20.0.